The van der Waals surface area contributed by atoms with Crippen LogP contribution in [0.5, 0.6) is 23.1 Å². The lowest BCUT2D eigenvalue weighted by molar-refractivity contribution is -0.0665. The van der Waals surface area contributed by atoms with E-state index in [1.165, 1.54) is 6.08 Å². The second-order valence-corrected chi connectivity index (χ2v) is 10.5. The van der Waals surface area contributed by atoms with Crippen LogP contribution in [0.25, 0.3) is 6.08 Å². The maximum atomic E-state index is 9.43. The molecule has 10 heteroatoms. The third kappa shape index (κ3) is 4.92. The van der Waals surface area contributed by atoms with Crippen LogP contribution in [0.3, 0.4) is 0 Å². The predicted octanol–water partition coefficient (Wildman–Crippen LogP) is 5.49. The number of aryl methyl sites for hydroxylation is 2. The summed E-state index contributed by atoms with van der Waals surface area (Å²) < 4.78 is 17.2. The van der Waals surface area contributed by atoms with Gasteiger partial charge in [-0.15, -0.1) is 0 Å². The number of allylic oxidation sites excluding steroid dienone is 1. The van der Waals surface area contributed by atoms with Crippen molar-refractivity contribution in [2.45, 2.75) is 45.2 Å². The number of nitrogens with zero attached hydrogens (tertiary/aromatic N) is 4. The van der Waals surface area contributed by atoms with Crippen molar-refractivity contribution in [3.63, 3.8) is 0 Å². The molecule has 0 aliphatic heterocycles. The Labute approximate surface area is 233 Å². The Morgan fingerprint density at radius 3 is 2.40 bits per heavy atom. The first-order chi connectivity index (χ1) is 19.2. The number of hydrogen-bond donors (Lipinski definition) is 3. The molecule has 40 heavy (non-hydrogen) atoms. The van der Waals surface area contributed by atoms with Gasteiger partial charge >= 0.3 is 0 Å². The second-order valence-electron chi connectivity index (χ2n) is 10.5. The first-order valence-corrected chi connectivity index (χ1v) is 12.9. The molecule has 0 radical (unpaired) electrons. The van der Waals surface area contributed by atoms with Crippen LogP contribution >= 0.6 is 0 Å². The molecule has 3 aromatic rings. The molecule has 0 atom stereocenters. The highest BCUT2D eigenvalue weighted by molar-refractivity contribution is 5.70. The van der Waals surface area contributed by atoms with E-state index in [1.807, 2.05) is 50.2 Å². The third-order valence-corrected chi connectivity index (χ3v) is 7.53. The van der Waals surface area contributed by atoms with Gasteiger partial charge in [0.2, 0.25) is 11.8 Å². The summed E-state index contributed by atoms with van der Waals surface area (Å²) in [7, 11) is 3.21. The molecular weight excluding hydrogens is 506 g/mol. The van der Waals surface area contributed by atoms with Gasteiger partial charge in [0.1, 0.15) is 22.9 Å². The van der Waals surface area contributed by atoms with E-state index in [0.29, 0.717) is 35.6 Å². The van der Waals surface area contributed by atoms with E-state index in [2.05, 4.69) is 26.7 Å². The molecule has 2 aromatic carbocycles. The van der Waals surface area contributed by atoms with Gasteiger partial charge in [0.25, 0.3) is 0 Å². The van der Waals surface area contributed by atoms with Crippen LogP contribution < -0.4 is 30.6 Å². The van der Waals surface area contributed by atoms with Crippen LogP contribution in [-0.2, 0) is 6.54 Å². The Morgan fingerprint density at radius 1 is 1.05 bits per heavy atom. The predicted molar refractivity (Wildman–Crippen MR) is 152 cm³/mol. The van der Waals surface area contributed by atoms with Gasteiger partial charge in [-0.1, -0.05) is 0 Å². The fraction of sp³-hybridized carbons (Fsp3) is 0.333. The minimum Gasteiger partial charge on any atom is -0.497 e. The minimum atomic E-state index is -0.220. The molecule has 3 saturated carbocycles. The quantitative estimate of drug-likeness (QED) is 0.283. The summed E-state index contributed by atoms with van der Waals surface area (Å²) in [5, 5.41) is 25.1. The Morgan fingerprint density at radius 2 is 1.77 bits per heavy atom. The van der Waals surface area contributed by atoms with E-state index in [-0.39, 0.29) is 22.5 Å². The van der Waals surface area contributed by atoms with Gasteiger partial charge in [0.05, 0.1) is 31.8 Å². The summed E-state index contributed by atoms with van der Waals surface area (Å²) in [6.07, 6.45) is 5.48. The Balaban J connectivity index is 1.46. The number of nitrogens with one attached hydrogen (secondary N) is 2. The van der Waals surface area contributed by atoms with E-state index in [0.717, 1.165) is 41.5 Å². The van der Waals surface area contributed by atoms with Crippen molar-refractivity contribution in [3.05, 3.63) is 58.7 Å². The summed E-state index contributed by atoms with van der Waals surface area (Å²) >= 11 is 0. The van der Waals surface area contributed by atoms with Crippen molar-refractivity contribution in [1.82, 2.24) is 9.97 Å². The SMILES string of the molecule is COc1ccc(CNc2nc(NC34CC(C#N)(C3)C4)nc(Oc3c(C)cc(/C=C/C#N)cc3C)c2N)c(OC)c1. The van der Waals surface area contributed by atoms with E-state index >= 15 is 0 Å². The van der Waals surface area contributed by atoms with Crippen LogP contribution in [0.1, 0.15) is 41.5 Å². The highest BCUT2D eigenvalue weighted by Crippen LogP contribution is 2.67. The maximum Gasteiger partial charge on any atom is 0.249 e. The number of hydrogen-bond acceptors (Lipinski definition) is 10. The van der Waals surface area contributed by atoms with Crippen molar-refractivity contribution >= 4 is 23.5 Å². The molecule has 0 unspecified atom stereocenters. The molecule has 3 aliphatic carbocycles. The van der Waals surface area contributed by atoms with Crippen molar-refractivity contribution in [2.24, 2.45) is 5.41 Å². The molecule has 3 fully saturated rings. The molecule has 10 nitrogen and oxygen atoms in total. The van der Waals surface area contributed by atoms with Gasteiger partial charge < -0.3 is 30.6 Å². The molecule has 1 aromatic heterocycles. The van der Waals surface area contributed by atoms with Crippen molar-refractivity contribution in [3.8, 4) is 35.3 Å². The zero-order chi connectivity index (χ0) is 28.5. The summed E-state index contributed by atoms with van der Waals surface area (Å²) in [4.78, 5) is 9.33. The standard InChI is InChI=1S/C30H31N7O3/c1-18-10-20(6-5-9-31)11-19(2)25(18)40-27-24(33)26(34-13-21-7-8-22(38-3)12-23(21)39-4)35-28(36-27)37-30-14-29(15-30,16-30)17-32/h5-8,10-12H,13-16,33H2,1-4H3,(H2,34,35,36,37)/b6-5+. The van der Waals surface area contributed by atoms with E-state index in [4.69, 9.17) is 25.2 Å². The Kier molecular flexibility index (Phi) is 6.87. The normalized spacial score (nSPS) is 20.4. The number of benzene rings is 2. The number of anilines is 3. The molecule has 2 bridgehead atoms. The second kappa shape index (κ2) is 10.3. The summed E-state index contributed by atoms with van der Waals surface area (Å²) in [5.41, 5.74) is 9.95. The molecule has 0 amide bonds. The topological polar surface area (TPSA) is 151 Å². The zero-order valence-corrected chi connectivity index (χ0v) is 23.0. The Hall–Kier alpha value is -4.96. The van der Waals surface area contributed by atoms with Gasteiger partial charge in [0, 0.05) is 29.8 Å². The first kappa shape index (κ1) is 26.6. The molecule has 3 aliphatic rings. The van der Waals surface area contributed by atoms with Crippen LogP contribution in [0.2, 0.25) is 0 Å². The lowest BCUT2D eigenvalue weighted by atomic mass is 9.40. The smallest absolute Gasteiger partial charge is 0.249 e. The number of aromatic nitrogens is 2. The monoisotopic (exact) mass is 537 g/mol. The number of methoxy groups -OCH3 is 2. The number of nitrogens with two attached hydrogens (primary N) is 1. The molecule has 6 rings (SSSR count). The number of ether oxygens (including phenoxy) is 3. The van der Waals surface area contributed by atoms with Gasteiger partial charge in [-0.2, -0.15) is 20.5 Å². The van der Waals surface area contributed by atoms with Crippen LogP contribution in [0.4, 0.5) is 17.5 Å². The molecule has 1 heterocycles. The zero-order valence-electron chi connectivity index (χ0n) is 23.0. The fourth-order valence-corrected chi connectivity index (χ4v) is 5.64. The van der Waals surface area contributed by atoms with Crippen LogP contribution in [0, 0.1) is 41.9 Å². The van der Waals surface area contributed by atoms with E-state index < -0.39 is 0 Å². The third-order valence-electron chi connectivity index (χ3n) is 7.53. The molecule has 0 saturated heterocycles. The van der Waals surface area contributed by atoms with Crippen molar-refractivity contribution in [1.29, 1.82) is 10.5 Å². The van der Waals surface area contributed by atoms with Gasteiger partial charge in [-0.25, -0.2) is 0 Å². The average molecular weight is 538 g/mol. The first-order valence-electron chi connectivity index (χ1n) is 12.9. The minimum absolute atomic E-state index is 0.180. The molecule has 4 N–H and O–H groups in total. The summed E-state index contributed by atoms with van der Waals surface area (Å²) in [6, 6.07) is 13.9. The van der Waals surface area contributed by atoms with Crippen LogP contribution in [-0.4, -0.2) is 29.7 Å². The van der Waals surface area contributed by atoms with Gasteiger partial charge in [-0.05, 0) is 80.1 Å². The van der Waals surface area contributed by atoms with Gasteiger partial charge in [0.15, 0.2) is 5.82 Å². The largest absolute Gasteiger partial charge is 0.497 e. The lowest BCUT2D eigenvalue weighted by Crippen LogP contribution is -2.70. The highest BCUT2D eigenvalue weighted by atomic mass is 16.5. The Bertz CT molecular complexity index is 1540. The average Bonchev–Trinajstić information content (AvgIpc) is 2.91. The van der Waals surface area contributed by atoms with Crippen molar-refractivity contribution < 1.29 is 14.2 Å². The van der Waals surface area contributed by atoms with E-state index in [9.17, 15) is 5.26 Å². The number of nitrogen functional groups attached to an aromatic ring is 1. The number of nitriles is 2. The molecule has 204 valence electrons. The summed E-state index contributed by atoms with van der Waals surface area (Å²) in [5.74, 6) is 3.00. The molecular formula is C30H31N7O3. The fourth-order valence-electron chi connectivity index (χ4n) is 5.64. The lowest BCUT2D eigenvalue weighted by Gasteiger charge is -2.66. The van der Waals surface area contributed by atoms with Crippen molar-refractivity contribution in [2.75, 3.05) is 30.6 Å². The highest BCUT2D eigenvalue weighted by Gasteiger charge is 2.69. The summed E-state index contributed by atoms with van der Waals surface area (Å²) in [6.45, 7) is 4.25. The maximum absolute atomic E-state index is 9.43. The van der Waals surface area contributed by atoms with E-state index in [1.54, 1.807) is 20.3 Å². The van der Waals surface area contributed by atoms with Crippen LogP contribution in [0.15, 0.2) is 36.4 Å². The van der Waals surface area contributed by atoms with Gasteiger partial charge in [-0.3, -0.25) is 0 Å². The molecule has 0 spiro atoms. The number of rotatable bonds is 10.